The van der Waals surface area contributed by atoms with Crippen LogP contribution in [0.2, 0.25) is 5.02 Å². The topological polar surface area (TPSA) is 17.1 Å². The van der Waals surface area contributed by atoms with Crippen LogP contribution in [0, 0.1) is 0 Å². The first-order chi connectivity index (χ1) is 8.76. The average molecular weight is 277 g/mol. The van der Waals surface area contributed by atoms with Crippen molar-refractivity contribution in [1.82, 2.24) is 0 Å². The number of rotatable bonds is 4. The Labute approximate surface area is 116 Å². The molecule has 18 heavy (non-hydrogen) atoms. The third-order valence-electron chi connectivity index (χ3n) is 2.84. The molecule has 0 radical (unpaired) electrons. The Hall–Kier alpha value is -1.25. The van der Waals surface area contributed by atoms with Crippen molar-refractivity contribution in [1.29, 1.82) is 0 Å². The second kappa shape index (κ2) is 6.07. The summed E-state index contributed by atoms with van der Waals surface area (Å²) in [5.74, 6) is -0.297. The van der Waals surface area contributed by atoms with E-state index in [1.807, 2.05) is 54.8 Å². The maximum Gasteiger partial charge on any atom is 0.131 e. The van der Waals surface area contributed by atoms with E-state index in [1.54, 1.807) is 11.8 Å². The summed E-state index contributed by atoms with van der Waals surface area (Å²) in [7, 11) is 0. The Kier molecular flexibility index (Phi) is 4.45. The summed E-state index contributed by atoms with van der Waals surface area (Å²) in [5.41, 5.74) is 1.82. The molecule has 0 saturated carbocycles. The molecule has 0 aliphatic rings. The van der Waals surface area contributed by atoms with Crippen molar-refractivity contribution in [2.45, 2.75) is 10.8 Å². The summed E-state index contributed by atoms with van der Waals surface area (Å²) in [5, 5.41) is 0.641. The average Bonchev–Trinajstić information content (AvgIpc) is 2.42. The van der Waals surface area contributed by atoms with E-state index in [2.05, 4.69) is 0 Å². The number of carbonyl (C=O) groups excluding carboxylic acids is 1. The second-order valence-electron chi connectivity index (χ2n) is 3.91. The molecule has 1 nitrogen and oxygen atoms in total. The number of thioether (sulfide) groups is 1. The van der Waals surface area contributed by atoms with E-state index in [0.717, 1.165) is 22.3 Å². The van der Waals surface area contributed by atoms with E-state index in [9.17, 15) is 4.79 Å². The molecule has 3 heteroatoms. The van der Waals surface area contributed by atoms with Gasteiger partial charge in [-0.25, -0.2) is 0 Å². The van der Waals surface area contributed by atoms with Crippen LogP contribution in [0.4, 0.5) is 0 Å². The number of aldehydes is 1. The van der Waals surface area contributed by atoms with Gasteiger partial charge >= 0.3 is 0 Å². The quantitative estimate of drug-likeness (QED) is 0.608. The minimum absolute atomic E-state index is 0.297. The van der Waals surface area contributed by atoms with Crippen molar-refractivity contribution < 1.29 is 4.79 Å². The molecule has 2 rings (SSSR count). The third-order valence-corrected chi connectivity index (χ3v) is 3.89. The van der Waals surface area contributed by atoms with Crippen LogP contribution < -0.4 is 0 Å². The summed E-state index contributed by atoms with van der Waals surface area (Å²) in [4.78, 5) is 12.4. The lowest BCUT2D eigenvalue weighted by Gasteiger charge is -2.13. The zero-order valence-corrected chi connectivity index (χ0v) is 11.5. The molecule has 2 aromatic rings. The van der Waals surface area contributed by atoms with Crippen LogP contribution in [-0.4, -0.2) is 12.5 Å². The van der Waals surface area contributed by atoms with Crippen molar-refractivity contribution in [3.05, 3.63) is 64.7 Å². The minimum atomic E-state index is -0.297. The van der Waals surface area contributed by atoms with Gasteiger partial charge in [-0.3, -0.25) is 0 Å². The van der Waals surface area contributed by atoms with Gasteiger partial charge in [0.05, 0.1) is 5.92 Å². The SMILES string of the molecule is CSc1ccc(C(C=O)c2ccccc2)c(Cl)c1. The van der Waals surface area contributed by atoms with Gasteiger partial charge in [0.25, 0.3) is 0 Å². The zero-order valence-electron chi connectivity index (χ0n) is 9.97. The van der Waals surface area contributed by atoms with Gasteiger partial charge in [0.1, 0.15) is 6.29 Å². The van der Waals surface area contributed by atoms with E-state index >= 15 is 0 Å². The molecule has 92 valence electrons. The van der Waals surface area contributed by atoms with Gasteiger partial charge in [-0.05, 0) is 29.5 Å². The van der Waals surface area contributed by atoms with Gasteiger partial charge in [-0.15, -0.1) is 11.8 Å². The maximum atomic E-state index is 11.3. The van der Waals surface area contributed by atoms with Crippen LogP contribution in [0.3, 0.4) is 0 Å². The molecule has 0 heterocycles. The Bertz CT molecular complexity index is 539. The smallest absolute Gasteiger partial charge is 0.131 e. The normalized spacial score (nSPS) is 12.1. The molecule has 2 aromatic carbocycles. The largest absolute Gasteiger partial charge is 0.302 e. The predicted molar refractivity (Wildman–Crippen MR) is 77.6 cm³/mol. The van der Waals surface area contributed by atoms with Crippen molar-refractivity contribution in [2.75, 3.05) is 6.26 Å². The molecule has 0 amide bonds. The van der Waals surface area contributed by atoms with Crippen LogP contribution in [0.1, 0.15) is 17.0 Å². The Morgan fingerprint density at radius 3 is 2.44 bits per heavy atom. The minimum Gasteiger partial charge on any atom is -0.302 e. The highest BCUT2D eigenvalue weighted by molar-refractivity contribution is 7.98. The fourth-order valence-electron chi connectivity index (χ4n) is 1.88. The number of carbonyl (C=O) groups is 1. The lowest BCUT2D eigenvalue weighted by Crippen LogP contribution is -2.03. The Balaban J connectivity index is 2.43. The van der Waals surface area contributed by atoms with Gasteiger partial charge in [0.2, 0.25) is 0 Å². The summed E-state index contributed by atoms with van der Waals surface area (Å²) >= 11 is 7.89. The van der Waals surface area contributed by atoms with Crippen LogP contribution in [0.25, 0.3) is 0 Å². The molecule has 0 aromatic heterocycles. The fraction of sp³-hybridized carbons (Fsp3) is 0.133. The summed E-state index contributed by atoms with van der Waals surface area (Å²) in [6.07, 6.45) is 2.94. The molecule has 0 saturated heterocycles. The van der Waals surface area contributed by atoms with Crippen LogP contribution >= 0.6 is 23.4 Å². The molecule has 0 spiro atoms. The molecule has 0 aliphatic heterocycles. The number of benzene rings is 2. The van der Waals surface area contributed by atoms with Gasteiger partial charge in [-0.1, -0.05) is 48.0 Å². The van der Waals surface area contributed by atoms with Crippen LogP contribution in [-0.2, 0) is 4.79 Å². The van der Waals surface area contributed by atoms with E-state index < -0.39 is 0 Å². The van der Waals surface area contributed by atoms with Crippen molar-refractivity contribution in [2.24, 2.45) is 0 Å². The van der Waals surface area contributed by atoms with Gasteiger partial charge in [0, 0.05) is 9.92 Å². The molecule has 0 aliphatic carbocycles. The van der Waals surface area contributed by atoms with Crippen LogP contribution in [0.15, 0.2) is 53.4 Å². The van der Waals surface area contributed by atoms with E-state index in [0.29, 0.717) is 5.02 Å². The third kappa shape index (κ3) is 2.77. The molecule has 0 fully saturated rings. The van der Waals surface area contributed by atoms with Gasteiger partial charge < -0.3 is 4.79 Å². The zero-order chi connectivity index (χ0) is 13.0. The van der Waals surface area contributed by atoms with E-state index in [1.165, 1.54) is 0 Å². The Morgan fingerprint density at radius 2 is 1.89 bits per heavy atom. The summed E-state index contributed by atoms with van der Waals surface area (Å²) in [6, 6.07) is 15.5. The lowest BCUT2D eigenvalue weighted by atomic mass is 9.93. The standard InChI is InChI=1S/C15H13ClOS/c1-18-12-7-8-13(15(16)9-12)14(10-17)11-5-3-2-4-6-11/h2-10,14H,1H3. The maximum absolute atomic E-state index is 11.3. The van der Waals surface area contributed by atoms with E-state index in [-0.39, 0.29) is 5.92 Å². The second-order valence-corrected chi connectivity index (χ2v) is 5.20. The summed E-state index contributed by atoms with van der Waals surface area (Å²) < 4.78 is 0. The first-order valence-electron chi connectivity index (χ1n) is 5.60. The first kappa shape index (κ1) is 13.2. The van der Waals surface area contributed by atoms with Crippen molar-refractivity contribution in [3.63, 3.8) is 0 Å². The van der Waals surface area contributed by atoms with E-state index in [4.69, 9.17) is 11.6 Å². The van der Waals surface area contributed by atoms with Gasteiger partial charge in [0.15, 0.2) is 0 Å². The molecular formula is C15H13ClOS. The summed E-state index contributed by atoms with van der Waals surface area (Å²) in [6.45, 7) is 0. The molecule has 1 atom stereocenters. The van der Waals surface area contributed by atoms with Crippen LogP contribution in [0.5, 0.6) is 0 Å². The number of halogens is 1. The highest BCUT2D eigenvalue weighted by atomic mass is 35.5. The van der Waals surface area contributed by atoms with Crippen molar-refractivity contribution in [3.8, 4) is 0 Å². The number of hydrogen-bond donors (Lipinski definition) is 0. The monoisotopic (exact) mass is 276 g/mol. The molecular weight excluding hydrogens is 264 g/mol. The van der Waals surface area contributed by atoms with Gasteiger partial charge in [-0.2, -0.15) is 0 Å². The highest BCUT2D eigenvalue weighted by Crippen LogP contribution is 2.31. The fourth-order valence-corrected chi connectivity index (χ4v) is 2.68. The highest BCUT2D eigenvalue weighted by Gasteiger charge is 2.16. The molecule has 0 bridgehead atoms. The molecule has 0 N–H and O–H groups in total. The number of hydrogen-bond acceptors (Lipinski definition) is 2. The van der Waals surface area contributed by atoms with Crippen molar-refractivity contribution >= 4 is 29.6 Å². The Morgan fingerprint density at radius 1 is 1.17 bits per heavy atom. The molecule has 1 unspecified atom stereocenters. The first-order valence-corrected chi connectivity index (χ1v) is 7.20. The predicted octanol–water partition coefficient (Wildman–Crippen LogP) is 4.39. The lowest BCUT2D eigenvalue weighted by molar-refractivity contribution is -0.108.